The summed E-state index contributed by atoms with van der Waals surface area (Å²) >= 11 is 0. The van der Waals surface area contributed by atoms with Crippen LogP contribution in [0.4, 0.5) is 0 Å². The van der Waals surface area contributed by atoms with E-state index in [0.29, 0.717) is 46.1 Å². The molecule has 1 aliphatic heterocycles. The van der Waals surface area contributed by atoms with E-state index in [-0.39, 0.29) is 24.5 Å². The second kappa shape index (κ2) is 14.8. The monoisotopic (exact) mass is 376 g/mol. The van der Waals surface area contributed by atoms with Gasteiger partial charge in [-0.15, -0.1) is 0 Å². The standard InChI is InChI=1S/C16H32N4O6/c1-18-15(21)12-20-5-2-14(3-6-20)25-10-8-24-13-16(22)19-4-7-23-9-11-26-17/h14H,2-13,17H2,1H3,(H,18,21)(H,19,22). The molecular formula is C16H32N4O6. The highest BCUT2D eigenvalue weighted by Crippen LogP contribution is 2.13. The number of carbonyl (C=O) groups excluding carboxylic acids is 2. The fraction of sp³-hybridized carbons (Fsp3) is 0.875. The van der Waals surface area contributed by atoms with E-state index >= 15 is 0 Å². The molecule has 0 radical (unpaired) electrons. The van der Waals surface area contributed by atoms with Crippen LogP contribution in [-0.2, 0) is 28.6 Å². The molecule has 2 amide bonds. The summed E-state index contributed by atoms with van der Waals surface area (Å²) in [5.41, 5.74) is 0. The van der Waals surface area contributed by atoms with Crippen molar-refractivity contribution in [1.82, 2.24) is 15.5 Å². The van der Waals surface area contributed by atoms with Gasteiger partial charge in [-0.3, -0.25) is 14.5 Å². The first-order valence-electron chi connectivity index (χ1n) is 8.94. The van der Waals surface area contributed by atoms with Gasteiger partial charge in [0.25, 0.3) is 0 Å². The predicted octanol–water partition coefficient (Wildman–Crippen LogP) is -1.75. The molecule has 0 unspecified atom stereocenters. The molecule has 0 atom stereocenters. The number of likely N-dealkylation sites (N-methyl/N-ethyl adjacent to an activating group) is 1. The summed E-state index contributed by atoms with van der Waals surface area (Å²) in [5, 5.41) is 5.31. The predicted molar refractivity (Wildman–Crippen MR) is 94.3 cm³/mol. The van der Waals surface area contributed by atoms with Crippen LogP contribution >= 0.6 is 0 Å². The molecule has 0 aliphatic carbocycles. The molecule has 0 bridgehead atoms. The van der Waals surface area contributed by atoms with Crippen LogP contribution < -0.4 is 16.5 Å². The van der Waals surface area contributed by atoms with Crippen molar-refractivity contribution in [3.63, 3.8) is 0 Å². The summed E-state index contributed by atoms with van der Waals surface area (Å²) in [7, 11) is 1.64. The van der Waals surface area contributed by atoms with Gasteiger partial charge >= 0.3 is 0 Å². The van der Waals surface area contributed by atoms with E-state index in [4.69, 9.17) is 20.1 Å². The zero-order valence-electron chi connectivity index (χ0n) is 15.5. The maximum atomic E-state index is 11.5. The number of carbonyl (C=O) groups is 2. The highest BCUT2D eigenvalue weighted by atomic mass is 16.6. The smallest absolute Gasteiger partial charge is 0.246 e. The van der Waals surface area contributed by atoms with E-state index < -0.39 is 0 Å². The Hall–Kier alpha value is -1.30. The van der Waals surface area contributed by atoms with Crippen molar-refractivity contribution in [2.75, 3.05) is 72.9 Å². The van der Waals surface area contributed by atoms with Crippen molar-refractivity contribution in [2.24, 2.45) is 5.90 Å². The molecule has 0 aromatic heterocycles. The fourth-order valence-electron chi connectivity index (χ4n) is 2.48. The summed E-state index contributed by atoms with van der Waals surface area (Å²) < 4.78 is 16.2. The third-order valence-corrected chi connectivity index (χ3v) is 3.91. The van der Waals surface area contributed by atoms with Gasteiger partial charge in [-0.1, -0.05) is 0 Å². The minimum Gasteiger partial charge on any atom is -0.377 e. The largest absolute Gasteiger partial charge is 0.377 e. The third-order valence-electron chi connectivity index (χ3n) is 3.91. The first kappa shape index (κ1) is 22.7. The van der Waals surface area contributed by atoms with Gasteiger partial charge in [0.2, 0.25) is 11.8 Å². The number of nitrogens with zero attached hydrogens (tertiary/aromatic N) is 1. The molecule has 152 valence electrons. The van der Waals surface area contributed by atoms with Crippen molar-refractivity contribution < 1.29 is 28.6 Å². The van der Waals surface area contributed by atoms with E-state index in [0.717, 1.165) is 25.9 Å². The Labute approximate surface area is 154 Å². The number of hydrogen-bond acceptors (Lipinski definition) is 8. The number of likely N-dealkylation sites (tertiary alicyclic amines) is 1. The third kappa shape index (κ3) is 11.3. The molecule has 1 saturated heterocycles. The van der Waals surface area contributed by atoms with E-state index in [1.165, 1.54) is 0 Å². The molecule has 4 N–H and O–H groups in total. The van der Waals surface area contributed by atoms with Gasteiger partial charge in [-0.25, -0.2) is 5.90 Å². The molecule has 0 aromatic rings. The number of hydrogen-bond donors (Lipinski definition) is 3. The summed E-state index contributed by atoms with van der Waals surface area (Å²) in [6.45, 7) is 4.49. The number of rotatable bonds is 14. The molecule has 1 rings (SSSR count). The lowest BCUT2D eigenvalue weighted by atomic mass is 10.1. The molecule has 1 fully saturated rings. The Bertz CT molecular complexity index is 391. The highest BCUT2D eigenvalue weighted by molar-refractivity contribution is 5.77. The highest BCUT2D eigenvalue weighted by Gasteiger charge is 2.20. The van der Waals surface area contributed by atoms with Gasteiger partial charge in [0.05, 0.1) is 45.7 Å². The van der Waals surface area contributed by atoms with Crippen LogP contribution in [0.1, 0.15) is 12.8 Å². The van der Waals surface area contributed by atoms with Crippen molar-refractivity contribution in [2.45, 2.75) is 18.9 Å². The van der Waals surface area contributed by atoms with Gasteiger partial charge in [0.15, 0.2) is 0 Å². The lowest BCUT2D eigenvalue weighted by Gasteiger charge is -2.31. The van der Waals surface area contributed by atoms with Crippen molar-refractivity contribution in [3.05, 3.63) is 0 Å². The molecule has 10 nitrogen and oxygen atoms in total. The number of nitrogens with one attached hydrogen (secondary N) is 2. The second-order valence-corrected chi connectivity index (χ2v) is 5.91. The van der Waals surface area contributed by atoms with Crippen molar-refractivity contribution >= 4 is 11.8 Å². The minimum absolute atomic E-state index is 0.000154. The first-order chi connectivity index (χ1) is 12.7. The molecular weight excluding hydrogens is 344 g/mol. The van der Waals surface area contributed by atoms with Gasteiger partial charge < -0.3 is 29.7 Å². The van der Waals surface area contributed by atoms with Gasteiger partial charge in [-0.05, 0) is 12.8 Å². The van der Waals surface area contributed by atoms with Crippen LogP contribution in [0.2, 0.25) is 0 Å². The van der Waals surface area contributed by atoms with Crippen LogP contribution in [0.15, 0.2) is 0 Å². The molecule has 0 spiro atoms. The van der Waals surface area contributed by atoms with Crippen LogP contribution in [0.3, 0.4) is 0 Å². The Morgan fingerprint density at radius 1 is 1.04 bits per heavy atom. The summed E-state index contributed by atoms with van der Waals surface area (Å²) in [4.78, 5) is 29.3. The number of piperidine rings is 1. The maximum Gasteiger partial charge on any atom is 0.246 e. The number of nitrogens with two attached hydrogens (primary N) is 1. The van der Waals surface area contributed by atoms with E-state index in [1.807, 2.05) is 0 Å². The lowest BCUT2D eigenvalue weighted by Crippen LogP contribution is -2.42. The lowest BCUT2D eigenvalue weighted by molar-refractivity contribution is -0.127. The maximum absolute atomic E-state index is 11.5. The van der Waals surface area contributed by atoms with Crippen molar-refractivity contribution in [3.8, 4) is 0 Å². The second-order valence-electron chi connectivity index (χ2n) is 5.91. The summed E-state index contributed by atoms with van der Waals surface area (Å²) in [6, 6.07) is 0. The van der Waals surface area contributed by atoms with Crippen LogP contribution in [0, 0.1) is 0 Å². The minimum atomic E-state index is -0.189. The zero-order valence-corrected chi connectivity index (χ0v) is 15.5. The molecule has 0 aromatic carbocycles. The van der Waals surface area contributed by atoms with Crippen LogP contribution in [0.25, 0.3) is 0 Å². The van der Waals surface area contributed by atoms with E-state index in [9.17, 15) is 9.59 Å². The molecule has 26 heavy (non-hydrogen) atoms. The summed E-state index contributed by atoms with van der Waals surface area (Å²) in [6.07, 6.45) is 1.97. The first-order valence-corrected chi connectivity index (χ1v) is 8.94. The number of ether oxygens (including phenoxy) is 3. The SMILES string of the molecule is CNC(=O)CN1CCC(OCCOCC(=O)NCCOCCON)CC1. The normalized spacial score (nSPS) is 15.8. The van der Waals surface area contributed by atoms with Crippen LogP contribution in [0.5, 0.6) is 0 Å². The average Bonchev–Trinajstić information content (AvgIpc) is 2.65. The molecule has 1 aliphatic rings. The Morgan fingerprint density at radius 2 is 1.77 bits per heavy atom. The van der Waals surface area contributed by atoms with Gasteiger partial charge in [0, 0.05) is 26.7 Å². The molecule has 1 heterocycles. The number of amides is 2. The molecule has 0 saturated carbocycles. The van der Waals surface area contributed by atoms with Gasteiger partial charge in [0.1, 0.15) is 6.61 Å². The van der Waals surface area contributed by atoms with E-state index in [2.05, 4.69) is 20.4 Å². The van der Waals surface area contributed by atoms with Crippen LogP contribution in [-0.4, -0.2) is 95.7 Å². The van der Waals surface area contributed by atoms with Gasteiger partial charge in [-0.2, -0.15) is 0 Å². The van der Waals surface area contributed by atoms with E-state index in [1.54, 1.807) is 7.05 Å². The Balaban J connectivity index is 1.91. The molecule has 10 heteroatoms. The fourth-order valence-corrected chi connectivity index (χ4v) is 2.48. The van der Waals surface area contributed by atoms with Crippen molar-refractivity contribution in [1.29, 1.82) is 0 Å². The topological polar surface area (TPSA) is 124 Å². The Kier molecular flexibility index (Phi) is 13.0. The Morgan fingerprint density at radius 3 is 2.46 bits per heavy atom. The average molecular weight is 376 g/mol. The zero-order chi connectivity index (χ0) is 19.0. The summed E-state index contributed by atoms with van der Waals surface area (Å²) in [5.74, 6) is 4.70. The quantitative estimate of drug-likeness (QED) is 0.241.